The maximum absolute atomic E-state index is 11.6. The van der Waals surface area contributed by atoms with Crippen LogP contribution in [-0.4, -0.2) is 35.1 Å². The SMILES string of the molecule is CCOC(=O)CN(c1nc(N)cc(Br)n1)C1CC1. The number of ether oxygens (including phenoxy) is 1. The summed E-state index contributed by atoms with van der Waals surface area (Å²) in [5.41, 5.74) is 5.68. The summed E-state index contributed by atoms with van der Waals surface area (Å²) in [6.07, 6.45) is 2.07. The molecular weight excluding hydrogens is 300 g/mol. The number of esters is 1. The van der Waals surface area contributed by atoms with E-state index in [2.05, 4.69) is 25.9 Å². The molecule has 0 bridgehead atoms. The van der Waals surface area contributed by atoms with Crippen molar-refractivity contribution in [3.63, 3.8) is 0 Å². The second-order valence-electron chi connectivity index (χ2n) is 4.08. The van der Waals surface area contributed by atoms with Crippen molar-refractivity contribution in [2.24, 2.45) is 0 Å². The summed E-state index contributed by atoms with van der Waals surface area (Å²) in [5, 5.41) is 0. The van der Waals surface area contributed by atoms with Crippen molar-refractivity contribution in [3.8, 4) is 0 Å². The van der Waals surface area contributed by atoms with Crippen molar-refractivity contribution in [1.82, 2.24) is 9.97 Å². The Kier molecular flexibility index (Phi) is 4.00. The first-order valence-corrected chi connectivity index (χ1v) is 6.61. The fourth-order valence-corrected chi connectivity index (χ4v) is 2.04. The molecule has 0 saturated heterocycles. The average molecular weight is 315 g/mol. The minimum absolute atomic E-state index is 0.161. The van der Waals surface area contributed by atoms with Crippen molar-refractivity contribution in [3.05, 3.63) is 10.7 Å². The van der Waals surface area contributed by atoms with Crippen LogP contribution in [0.25, 0.3) is 0 Å². The predicted molar refractivity (Wildman–Crippen MR) is 71.1 cm³/mol. The molecule has 2 N–H and O–H groups in total. The average Bonchev–Trinajstić information content (AvgIpc) is 3.08. The van der Waals surface area contributed by atoms with Gasteiger partial charge in [0.25, 0.3) is 0 Å². The highest BCUT2D eigenvalue weighted by Crippen LogP contribution is 2.30. The predicted octanol–water partition coefficient (Wildman–Crippen LogP) is 1.35. The summed E-state index contributed by atoms with van der Waals surface area (Å²) in [7, 11) is 0. The number of nitrogen functional groups attached to an aromatic ring is 1. The van der Waals surface area contributed by atoms with E-state index in [9.17, 15) is 4.79 Å². The highest BCUT2D eigenvalue weighted by atomic mass is 79.9. The fraction of sp³-hybridized carbons (Fsp3) is 0.545. The number of hydrogen-bond donors (Lipinski definition) is 1. The highest BCUT2D eigenvalue weighted by Gasteiger charge is 2.32. The Labute approximate surface area is 114 Å². The van der Waals surface area contributed by atoms with Crippen molar-refractivity contribution < 1.29 is 9.53 Å². The molecule has 1 saturated carbocycles. The molecule has 98 valence electrons. The molecule has 1 aliphatic rings. The molecular formula is C11H15BrN4O2. The lowest BCUT2D eigenvalue weighted by Gasteiger charge is -2.21. The van der Waals surface area contributed by atoms with Gasteiger partial charge in [-0.05, 0) is 35.7 Å². The van der Waals surface area contributed by atoms with Gasteiger partial charge in [0.05, 0.1) is 6.61 Å². The number of carbonyl (C=O) groups excluding carboxylic acids is 1. The Morgan fingerprint density at radius 2 is 2.33 bits per heavy atom. The Morgan fingerprint density at radius 3 is 2.89 bits per heavy atom. The van der Waals surface area contributed by atoms with Crippen LogP contribution in [0, 0.1) is 0 Å². The van der Waals surface area contributed by atoms with Gasteiger partial charge in [0.1, 0.15) is 17.0 Å². The molecule has 1 aromatic heterocycles. The molecule has 0 amide bonds. The Balaban J connectivity index is 2.16. The molecule has 1 heterocycles. The van der Waals surface area contributed by atoms with E-state index < -0.39 is 0 Å². The van der Waals surface area contributed by atoms with Crippen LogP contribution >= 0.6 is 15.9 Å². The van der Waals surface area contributed by atoms with Gasteiger partial charge in [0.15, 0.2) is 0 Å². The molecule has 0 radical (unpaired) electrons. The van der Waals surface area contributed by atoms with E-state index >= 15 is 0 Å². The number of carbonyl (C=O) groups is 1. The van der Waals surface area contributed by atoms with Gasteiger partial charge in [0.2, 0.25) is 5.95 Å². The molecule has 1 fully saturated rings. The van der Waals surface area contributed by atoms with Gasteiger partial charge < -0.3 is 15.4 Å². The van der Waals surface area contributed by atoms with Crippen molar-refractivity contribution in [1.29, 1.82) is 0 Å². The molecule has 0 aromatic carbocycles. The number of hydrogen-bond acceptors (Lipinski definition) is 6. The van der Waals surface area contributed by atoms with Crippen LogP contribution < -0.4 is 10.6 Å². The normalized spacial score (nSPS) is 14.3. The van der Waals surface area contributed by atoms with E-state index in [1.165, 1.54) is 0 Å². The maximum Gasteiger partial charge on any atom is 0.325 e. The maximum atomic E-state index is 11.6. The van der Waals surface area contributed by atoms with Gasteiger partial charge in [-0.15, -0.1) is 0 Å². The van der Waals surface area contributed by atoms with Crippen LogP contribution in [0.2, 0.25) is 0 Å². The van der Waals surface area contributed by atoms with E-state index in [0.717, 1.165) is 12.8 Å². The first kappa shape index (κ1) is 13.1. The van der Waals surface area contributed by atoms with Crippen LogP contribution in [0.5, 0.6) is 0 Å². The topological polar surface area (TPSA) is 81.3 Å². The third kappa shape index (κ3) is 3.32. The highest BCUT2D eigenvalue weighted by molar-refractivity contribution is 9.10. The van der Waals surface area contributed by atoms with Crippen molar-refractivity contribution in [2.45, 2.75) is 25.8 Å². The van der Waals surface area contributed by atoms with Crippen molar-refractivity contribution >= 4 is 33.7 Å². The van der Waals surface area contributed by atoms with Crippen LogP contribution in [0.1, 0.15) is 19.8 Å². The lowest BCUT2D eigenvalue weighted by atomic mass is 10.4. The lowest BCUT2D eigenvalue weighted by molar-refractivity contribution is -0.141. The van der Waals surface area contributed by atoms with Gasteiger partial charge >= 0.3 is 5.97 Å². The molecule has 18 heavy (non-hydrogen) atoms. The quantitative estimate of drug-likeness (QED) is 0.652. The van der Waals surface area contributed by atoms with Gasteiger partial charge in [-0.2, -0.15) is 4.98 Å². The van der Waals surface area contributed by atoms with Gasteiger partial charge in [-0.1, -0.05) is 0 Å². The van der Waals surface area contributed by atoms with Gasteiger partial charge in [-0.25, -0.2) is 4.98 Å². The van der Waals surface area contributed by atoms with Crippen LogP contribution in [0.3, 0.4) is 0 Å². The van der Waals surface area contributed by atoms with E-state index in [0.29, 0.717) is 29.0 Å². The fourth-order valence-electron chi connectivity index (χ4n) is 1.65. The van der Waals surface area contributed by atoms with Gasteiger partial charge in [-0.3, -0.25) is 4.79 Å². The first-order chi connectivity index (χ1) is 8.60. The van der Waals surface area contributed by atoms with E-state index in [1.807, 2.05) is 4.90 Å². The second kappa shape index (κ2) is 5.51. The molecule has 6 nitrogen and oxygen atoms in total. The first-order valence-electron chi connectivity index (χ1n) is 5.82. The summed E-state index contributed by atoms with van der Waals surface area (Å²) in [6.45, 7) is 2.32. The molecule has 1 aromatic rings. The third-order valence-electron chi connectivity index (χ3n) is 2.55. The summed E-state index contributed by atoms with van der Waals surface area (Å²) < 4.78 is 5.56. The van der Waals surface area contributed by atoms with Crippen LogP contribution in [-0.2, 0) is 9.53 Å². The summed E-state index contributed by atoms with van der Waals surface area (Å²) in [6, 6.07) is 1.93. The molecule has 0 unspecified atom stereocenters. The summed E-state index contributed by atoms with van der Waals surface area (Å²) in [4.78, 5) is 21.8. The zero-order valence-electron chi connectivity index (χ0n) is 10.1. The zero-order valence-corrected chi connectivity index (χ0v) is 11.7. The smallest absolute Gasteiger partial charge is 0.325 e. The van der Waals surface area contributed by atoms with Crippen LogP contribution in [0.15, 0.2) is 10.7 Å². The summed E-state index contributed by atoms with van der Waals surface area (Å²) in [5.74, 6) is 0.574. The van der Waals surface area contributed by atoms with Gasteiger partial charge in [0, 0.05) is 12.1 Å². The molecule has 0 spiro atoms. The number of nitrogens with zero attached hydrogens (tertiary/aromatic N) is 3. The standard InChI is InChI=1S/C11H15BrN4O2/c1-2-18-10(17)6-16(7-3-4-7)11-14-8(12)5-9(13)15-11/h5,7H,2-4,6H2,1H3,(H2,13,14,15). The Bertz CT molecular complexity index is 430. The Hall–Kier alpha value is -1.37. The third-order valence-corrected chi connectivity index (χ3v) is 2.96. The molecule has 1 aliphatic carbocycles. The number of anilines is 2. The minimum atomic E-state index is -0.272. The van der Waals surface area contributed by atoms with E-state index in [-0.39, 0.29) is 12.5 Å². The van der Waals surface area contributed by atoms with Crippen LogP contribution in [0.4, 0.5) is 11.8 Å². The summed E-state index contributed by atoms with van der Waals surface area (Å²) >= 11 is 3.27. The van der Waals surface area contributed by atoms with Crippen molar-refractivity contribution in [2.75, 3.05) is 23.8 Å². The molecule has 2 rings (SSSR count). The second-order valence-corrected chi connectivity index (χ2v) is 4.89. The number of nitrogens with two attached hydrogens (primary N) is 1. The van der Waals surface area contributed by atoms with E-state index in [4.69, 9.17) is 10.5 Å². The number of rotatable bonds is 5. The molecule has 0 aliphatic heterocycles. The molecule has 0 atom stereocenters. The monoisotopic (exact) mass is 314 g/mol. The molecule has 7 heteroatoms. The number of aromatic nitrogens is 2. The number of halogens is 1. The largest absolute Gasteiger partial charge is 0.465 e. The minimum Gasteiger partial charge on any atom is -0.465 e. The lowest BCUT2D eigenvalue weighted by Crippen LogP contribution is -2.34. The Morgan fingerprint density at radius 1 is 1.61 bits per heavy atom. The van der Waals surface area contributed by atoms with E-state index in [1.54, 1.807) is 13.0 Å². The zero-order chi connectivity index (χ0) is 13.1.